The number of nitrogens with two attached hydrogens (primary N) is 1. The lowest BCUT2D eigenvalue weighted by Crippen LogP contribution is -2.32. The number of carbonyl (C=O) groups is 2. The third-order valence-electron chi connectivity index (χ3n) is 2.09. The molecule has 18 heavy (non-hydrogen) atoms. The molecule has 6 heteroatoms. The second kappa shape index (κ2) is 6.61. The van der Waals surface area contributed by atoms with E-state index in [0.29, 0.717) is 18.0 Å². The van der Waals surface area contributed by atoms with Gasteiger partial charge in [0.25, 0.3) is 0 Å². The van der Waals surface area contributed by atoms with Crippen molar-refractivity contribution in [3.63, 3.8) is 0 Å². The quantitative estimate of drug-likeness (QED) is 0.756. The van der Waals surface area contributed by atoms with E-state index in [1.54, 1.807) is 38.1 Å². The summed E-state index contributed by atoms with van der Waals surface area (Å²) in [5.41, 5.74) is 6.63. The summed E-state index contributed by atoms with van der Waals surface area (Å²) >= 11 is 0. The Morgan fingerprint density at radius 3 is 2.17 bits per heavy atom. The Labute approximate surface area is 105 Å². The third-order valence-corrected chi connectivity index (χ3v) is 2.09. The minimum Gasteiger partial charge on any atom is -0.450 e. The summed E-state index contributed by atoms with van der Waals surface area (Å²) in [5, 5.41) is 5.19. The van der Waals surface area contributed by atoms with E-state index in [4.69, 9.17) is 10.5 Å². The van der Waals surface area contributed by atoms with Crippen LogP contribution in [-0.4, -0.2) is 24.6 Å². The van der Waals surface area contributed by atoms with Gasteiger partial charge >= 0.3 is 6.09 Å². The number of hydrogen-bond acceptors (Lipinski definition) is 4. The number of carbonyl (C=O) groups excluding carboxylic acids is 2. The topological polar surface area (TPSA) is 93.5 Å². The van der Waals surface area contributed by atoms with Crippen LogP contribution in [-0.2, 0) is 9.53 Å². The average molecular weight is 251 g/mol. The molecule has 4 N–H and O–H groups in total. The maximum Gasteiger partial charge on any atom is 0.411 e. The lowest BCUT2D eigenvalue weighted by Gasteiger charge is -2.09. The predicted molar refractivity (Wildman–Crippen MR) is 69.4 cm³/mol. The van der Waals surface area contributed by atoms with Crippen molar-refractivity contribution in [1.29, 1.82) is 0 Å². The second-order valence-corrected chi connectivity index (χ2v) is 3.70. The lowest BCUT2D eigenvalue weighted by molar-refractivity contribution is -0.117. The summed E-state index contributed by atoms with van der Waals surface area (Å²) in [7, 11) is 0. The fraction of sp³-hybridized carbons (Fsp3) is 0.333. The monoisotopic (exact) mass is 251 g/mol. The highest BCUT2D eigenvalue weighted by Crippen LogP contribution is 2.13. The van der Waals surface area contributed by atoms with Crippen LogP contribution in [0.4, 0.5) is 16.2 Å². The second-order valence-electron chi connectivity index (χ2n) is 3.70. The van der Waals surface area contributed by atoms with E-state index in [9.17, 15) is 9.59 Å². The predicted octanol–water partition coefficient (Wildman–Crippen LogP) is 1.54. The van der Waals surface area contributed by atoms with Crippen LogP contribution in [0.15, 0.2) is 24.3 Å². The van der Waals surface area contributed by atoms with Gasteiger partial charge in [-0.15, -0.1) is 0 Å². The van der Waals surface area contributed by atoms with E-state index in [0.717, 1.165) is 0 Å². The van der Waals surface area contributed by atoms with Crippen molar-refractivity contribution in [3.8, 4) is 0 Å². The Morgan fingerprint density at radius 1 is 1.22 bits per heavy atom. The lowest BCUT2D eigenvalue weighted by atomic mass is 10.2. The molecule has 0 bridgehead atoms. The molecule has 0 aromatic heterocycles. The zero-order valence-corrected chi connectivity index (χ0v) is 10.4. The van der Waals surface area contributed by atoms with E-state index < -0.39 is 12.1 Å². The first-order chi connectivity index (χ1) is 8.52. The average Bonchev–Trinajstić information content (AvgIpc) is 2.31. The molecule has 1 rings (SSSR count). The van der Waals surface area contributed by atoms with Gasteiger partial charge in [-0.25, -0.2) is 4.79 Å². The summed E-state index contributed by atoms with van der Waals surface area (Å²) in [4.78, 5) is 22.5. The van der Waals surface area contributed by atoms with Crippen LogP contribution < -0.4 is 16.4 Å². The summed E-state index contributed by atoms with van der Waals surface area (Å²) in [5.74, 6) is -0.263. The fourth-order valence-electron chi connectivity index (χ4n) is 1.18. The normalized spacial score (nSPS) is 11.5. The molecule has 0 aliphatic carbocycles. The van der Waals surface area contributed by atoms with Crippen LogP contribution in [0.1, 0.15) is 13.8 Å². The highest BCUT2D eigenvalue weighted by atomic mass is 16.5. The molecule has 0 heterocycles. The molecule has 0 saturated heterocycles. The number of ether oxygens (including phenoxy) is 1. The van der Waals surface area contributed by atoms with Gasteiger partial charge in [-0.3, -0.25) is 10.1 Å². The Hall–Kier alpha value is -2.08. The number of amides is 2. The minimum atomic E-state index is -0.567. The first-order valence-corrected chi connectivity index (χ1v) is 5.63. The van der Waals surface area contributed by atoms with Crippen molar-refractivity contribution in [2.24, 2.45) is 5.73 Å². The van der Waals surface area contributed by atoms with Crippen LogP contribution in [0.5, 0.6) is 0 Å². The van der Waals surface area contributed by atoms with Crippen molar-refractivity contribution in [1.82, 2.24) is 0 Å². The van der Waals surface area contributed by atoms with Gasteiger partial charge < -0.3 is 15.8 Å². The van der Waals surface area contributed by atoms with E-state index >= 15 is 0 Å². The van der Waals surface area contributed by atoms with Gasteiger partial charge in [0.15, 0.2) is 0 Å². The zero-order valence-electron chi connectivity index (χ0n) is 10.4. The van der Waals surface area contributed by atoms with Crippen LogP contribution in [0.3, 0.4) is 0 Å². The minimum absolute atomic E-state index is 0.263. The molecule has 0 spiro atoms. The van der Waals surface area contributed by atoms with Gasteiger partial charge in [-0.1, -0.05) is 0 Å². The number of anilines is 2. The van der Waals surface area contributed by atoms with E-state index in [1.165, 1.54) is 0 Å². The van der Waals surface area contributed by atoms with Gasteiger partial charge in [0.1, 0.15) is 0 Å². The maximum atomic E-state index is 11.3. The Balaban J connectivity index is 2.57. The molecule has 0 unspecified atom stereocenters. The Bertz CT molecular complexity index is 415. The first-order valence-electron chi connectivity index (χ1n) is 5.63. The molecule has 0 saturated carbocycles. The van der Waals surface area contributed by atoms with Crippen molar-refractivity contribution in [2.45, 2.75) is 19.9 Å². The molecular weight excluding hydrogens is 234 g/mol. The number of benzene rings is 1. The van der Waals surface area contributed by atoms with Gasteiger partial charge in [0.2, 0.25) is 5.91 Å². The summed E-state index contributed by atoms with van der Waals surface area (Å²) < 4.78 is 4.74. The van der Waals surface area contributed by atoms with Crippen LogP contribution in [0.2, 0.25) is 0 Å². The van der Waals surface area contributed by atoms with Crippen molar-refractivity contribution in [3.05, 3.63) is 24.3 Å². The molecule has 0 radical (unpaired) electrons. The molecular formula is C12H17N3O3. The number of rotatable bonds is 4. The smallest absolute Gasteiger partial charge is 0.411 e. The van der Waals surface area contributed by atoms with Gasteiger partial charge in [0.05, 0.1) is 12.6 Å². The third kappa shape index (κ3) is 4.42. The van der Waals surface area contributed by atoms with Crippen LogP contribution >= 0.6 is 0 Å². The van der Waals surface area contributed by atoms with Crippen LogP contribution in [0.25, 0.3) is 0 Å². The summed E-state index contributed by atoms with van der Waals surface area (Å²) in [6, 6.07) is 6.09. The molecule has 1 aromatic rings. The molecule has 0 fully saturated rings. The maximum absolute atomic E-state index is 11.3. The molecule has 0 aliphatic heterocycles. The van der Waals surface area contributed by atoms with Gasteiger partial charge in [-0.05, 0) is 38.1 Å². The molecule has 2 amide bonds. The highest BCUT2D eigenvalue weighted by molar-refractivity contribution is 5.94. The molecule has 1 aromatic carbocycles. The van der Waals surface area contributed by atoms with E-state index in [1.807, 2.05) is 0 Å². The first kappa shape index (κ1) is 14.0. The zero-order chi connectivity index (χ0) is 13.5. The number of hydrogen-bond donors (Lipinski definition) is 3. The van der Waals surface area contributed by atoms with Crippen molar-refractivity contribution >= 4 is 23.4 Å². The molecule has 6 nitrogen and oxygen atoms in total. The van der Waals surface area contributed by atoms with E-state index in [-0.39, 0.29) is 5.91 Å². The van der Waals surface area contributed by atoms with Crippen molar-refractivity contribution < 1.29 is 14.3 Å². The highest BCUT2D eigenvalue weighted by Gasteiger charge is 2.07. The van der Waals surface area contributed by atoms with Gasteiger partial charge in [0, 0.05) is 11.4 Å². The molecule has 1 atom stereocenters. The van der Waals surface area contributed by atoms with Crippen LogP contribution in [0, 0.1) is 0 Å². The largest absolute Gasteiger partial charge is 0.450 e. The summed E-state index contributed by atoms with van der Waals surface area (Å²) in [6.07, 6.45) is -0.509. The van der Waals surface area contributed by atoms with Gasteiger partial charge in [-0.2, -0.15) is 0 Å². The standard InChI is InChI=1S/C12H17N3O3/c1-3-18-12(17)15-10-6-4-9(5-7-10)14-11(16)8(2)13/h4-8H,3,13H2,1-2H3,(H,14,16)(H,15,17)/t8-/m1/s1. The Morgan fingerprint density at radius 2 is 1.72 bits per heavy atom. The van der Waals surface area contributed by atoms with E-state index in [2.05, 4.69) is 10.6 Å². The SMILES string of the molecule is CCOC(=O)Nc1ccc(NC(=O)[C@@H](C)N)cc1. The van der Waals surface area contributed by atoms with Crippen molar-refractivity contribution in [2.75, 3.05) is 17.2 Å². The summed E-state index contributed by atoms with van der Waals surface area (Å²) in [6.45, 7) is 3.65. The molecule has 98 valence electrons. The Kier molecular flexibility index (Phi) is 5.13. The fourth-order valence-corrected chi connectivity index (χ4v) is 1.18. The molecule has 0 aliphatic rings. The number of nitrogens with one attached hydrogen (secondary N) is 2.